The molecule has 1 saturated heterocycles. The molecule has 3 N–H and O–H groups in total. The second-order valence-corrected chi connectivity index (χ2v) is 12.8. The van der Waals surface area contributed by atoms with E-state index in [9.17, 15) is 24.3 Å². The van der Waals surface area contributed by atoms with Gasteiger partial charge in [-0.15, -0.1) is 12.8 Å². The zero-order valence-electron chi connectivity index (χ0n) is 30.2. The van der Waals surface area contributed by atoms with Crippen molar-refractivity contribution in [2.45, 2.75) is 44.8 Å². The van der Waals surface area contributed by atoms with Crippen LogP contribution in [0.25, 0.3) is 22.6 Å². The van der Waals surface area contributed by atoms with E-state index in [4.69, 9.17) is 4.42 Å². The van der Waals surface area contributed by atoms with Gasteiger partial charge in [-0.3, -0.25) is 19.2 Å². The maximum atomic E-state index is 13.2. The summed E-state index contributed by atoms with van der Waals surface area (Å²) in [5.74, 6) is 0.163. The number of terminal acetylenes is 1. The molecule has 1 aliphatic rings. The van der Waals surface area contributed by atoms with Crippen LogP contribution in [0.1, 0.15) is 43.4 Å². The molecule has 4 aromatic carbocycles. The highest BCUT2D eigenvalue weighted by atomic mass is 16.3. The van der Waals surface area contributed by atoms with Gasteiger partial charge in [-0.2, -0.15) is 0 Å². The van der Waals surface area contributed by atoms with E-state index in [1.54, 1.807) is 53.4 Å². The van der Waals surface area contributed by atoms with Crippen LogP contribution in [-0.2, 0) is 25.6 Å². The SMILES string of the molecule is C#C.CCCN(CC(=O)Nc1ccc(-c2ccc(-c3ccc(NC(=O)[C@@H]4CCCN4C(=O)[C@H](O)c4ccccc4)cc3)o2)cc1)C(=O)Cc1ccccc1. The van der Waals surface area contributed by atoms with Gasteiger partial charge in [0.05, 0.1) is 13.0 Å². The Bertz CT molecular complexity index is 2020. The standard InChI is InChI=1S/C42H42N4O6.C2H2/c1-2-25-45(39(48)27-29-10-5-3-6-11-29)28-38(47)43-33-19-15-30(16-20-33)36-23-24-37(52-36)31-17-21-34(22-18-31)44-41(50)35-14-9-26-46(35)42(51)40(49)32-12-7-4-8-13-32;1-2/h3-8,10-13,15-24,35,40,49H,2,9,14,25-28H2,1H3,(H,43,47)(H,44,50);1-2H/t35-,40+;/m0./s1. The quantitative estimate of drug-likeness (QED) is 0.113. The number of nitrogens with one attached hydrogen (secondary N) is 2. The summed E-state index contributed by atoms with van der Waals surface area (Å²) < 4.78 is 6.15. The molecule has 2 heterocycles. The summed E-state index contributed by atoms with van der Waals surface area (Å²) in [5.41, 5.74) is 4.25. The molecule has 5 aromatic rings. The summed E-state index contributed by atoms with van der Waals surface area (Å²) in [5, 5.41) is 16.4. The van der Waals surface area contributed by atoms with E-state index in [0.717, 1.165) is 23.1 Å². The normalized spacial score (nSPS) is 13.9. The zero-order valence-corrected chi connectivity index (χ0v) is 30.2. The number of likely N-dealkylation sites (tertiary alicyclic amines) is 1. The van der Waals surface area contributed by atoms with Gasteiger partial charge in [0.1, 0.15) is 17.6 Å². The number of benzene rings is 4. The molecular formula is C44H44N4O6. The summed E-state index contributed by atoms with van der Waals surface area (Å²) in [4.78, 5) is 55.1. The molecule has 0 aliphatic carbocycles. The second-order valence-electron chi connectivity index (χ2n) is 12.8. The lowest BCUT2D eigenvalue weighted by molar-refractivity contribution is -0.144. The average molecular weight is 725 g/mol. The van der Waals surface area contributed by atoms with E-state index in [2.05, 4.69) is 23.5 Å². The third-order valence-electron chi connectivity index (χ3n) is 9.06. The number of aliphatic hydroxyl groups excluding tert-OH is 1. The Morgan fingerprint density at radius 3 is 1.93 bits per heavy atom. The first-order valence-electron chi connectivity index (χ1n) is 17.9. The third kappa shape index (κ3) is 9.91. The van der Waals surface area contributed by atoms with Crippen LogP contribution < -0.4 is 10.6 Å². The lowest BCUT2D eigenvalue weighted by Gasteiger charge is -2.26. The van der Waals surface area contributed by atoms with Crippen LogP contribution in [0.3, 0.4) is 0 Å². The molecule has 0 spiro atoms. The van der Waals surface area contributed by atoms with Crippen molar-refractivity contribution in [1.82, 2.24) is 9.80 Å². The van der Waals surface area contributed by atoms with Crippen molar-refractivity contribution >= 4 is 35.0 Å². The minimum absolute atomic E-state index is 0.0249. The molecule has 1 aliphatic heterocycles. The Morgan fingerprint density at radius 1 is 0.796 bits per heavy atom. The fourth-order valence-corrected chi connectivity index (χ4v) is 6.37. The van der Waals surface area contributed by atoms with E-state index in [0.29, 0.717) is 54.4 Å². The molecule has 0 bridgehead atoms. The van der Waals surface area contributed by atoms with E-state index in [1.165, 1.54) is 4.90 Å². The van der Waals surface area contributed by atoms with Gasteiger partial charge in [0.2, 0.25) is 17.7 Å². The van der Waals surface area contributed by atoms with Gasteiger partial charge in [0.25, 0.3) is 5.91 Å². The highest BCUT2D eigenvalue weighted by Gasteiger charge is 2.37. The number of hydrogen-bond acceptors (Lipinski definition) is 6. The van der Waals surface area contributed by atoms with Crippen LogP contribution in [0, 0.1) is 12.8 Å². The van der Waals surface area contributed by atoms with Gasteiger partial charge in [0, 0.05) is 35.6 Å². The van der Waals surface area contributed by atoms with Crippen molar-refractivity contribution in [3.63, 3.8) is 0 Å². The molecule has 276 valence electrons. The van der Waals surface area contributed by atoms with Crippen LogP contribution in [-0.4, -0.2) is 64.2 Å². The molecule has 2 atom stereocenters. The Kier molecular flexibility index (Phi) is 13.6. The van der Waals surface area contributed by atoms with Crippen LogP contribution in [0.2, 0.25) is 0 Å². The van der Waals surface area contributed by atoms with E-state index < -0.39 is 18.1 Å². The topological polar surface area (TPSA) is 132 Å². The van der Waals surface area contributed by atoms with Crippen LogP contribution in [0.5, 0.6) is 0 Å². The predicted molar refractivity (Wildman–Crippen MR) is 210 cm³/mol. The minimum Gasteiger partial charge on any atom is -0.456 e. The lowest BCUT2D eigenvalue weighted by atomic mass is 10.1. The van der Waals surface area contributed by atoms with Crippen LogP contribution >= 0.6 is 0 Å². The first kappa shape index (κ1) is 38.8. The molecule has 10 nitrogen and oxygen atoms in total. The number of carbonyl (C=O) groups is 4. The summed E-state index contributed by atoms with van der Waals surface area (Å²) in [6, 6.07) is 35.9. The monoisotopic (exact) mass is 724 g/mol. The van der Waals surface area contributed by atoms with Gasteiger partial charge in [0.15, 0.2) is 6.10 Å². The van der Waals surface area contributed by atoms with E-state index in [1.807, 2.05) is 79.7 Å². The van der Waals surface area contributed by atoms with Crippen molar-refractivity contribution in [2.75, 3.05) is 30.3 Å². The number of furan rings is 1. The number of nitrogens with zero attached hydrogens (tertiary/aromatic N) is 2. The number of aliphatic hydroxyl groups is 1. The Balaban J connectivity index is 0.00000276. The van der Waals surface area contributed by atoms with Crippen molar-refractivity contribution < 1.29 is 28.7 Å². The second kappa shape index (κ2) is 18.9. The number of carbonyl (C=O) groups excluding carboxylic acids is 4. The highest BCUT2D eigenvalue weighted by molar-refractivity contribution is 5.98. The number of hydrogen-bond donors (Lipinski definition) is 3. The van der Waals surface area contributed by atoms with Gasteiger partial charge in [-0.1, -0.05) is 67.6 Å². The Labute approximate surface area is 315 Å². The largest absolute Gasteiger partial charge is 0.456 e. The number of anilines is 2. The fourth-order valence-electron chi connectivity index (χ4n) is 6.37. The van der Waals surface area contributed by atoms with Gasteiger partial charge in [-0.05, 0) is 91.1 Å². The Morgan fingerprint density at radius 2 is 1.35 bits per heavy atom. The van der Waals surface area contributed by atoms with E-state index in [-0.39, 0.29) is 30.7 Å². The van der Waals surface area contributed by atoms with Gasteiger partial charge < -0.3 is 30.0 Å². The summed E-state index contributed by atoms with van der Waals surface area (Å²) in [7, 11) is 0. The van der Waals surface area contributed by atoms with Gasteiger partial charge in [-0.25, -0.2) is 0 Å². The van der Waals surface area contributed by atoms with Crippen molar-refractivity contribution in [1.29, 1.82) is 0 Å². The molecule has 0 unspecified atom stereocenters. The summed E-state index contributed by atoms with van der Waals surface area (Å²) >= 11 is 0. The van der Waals surface area contributed by atoms with Gasteiger partial charge >= 0.3 is 0 Å². The van der Waals surface area contributed by atoms with Crippen molar-refractivity contribution in [2.24, 2.45) is 0 Å². The minimum atomic E-state index is -1.32. The third-order valence-corrected chi connectivity index (χ3v) is 9.06. The molecule has 1 aromatic heterocycles. The smallest absolute Gasteiger partial charge is 0.256 e. The first-order valence-corrected chi connectivity index (χ1v) is 17.9. The predicted octanol–water partition coefficient (Wildman–Crippen LogP) is 6.95. The molecule has 1 fully saturated rings. The molecule has 6 rings (SSSR count). The summed E-state index contributed by atoms with van der Waals surface area (Å²) in [6.07, 6.45) is 8.88. The van der Waals surface area contributed by atoms with Crippen LogP contribution in [0.4, 0.5) is 11.4 Å². The highest BCUT2D eigenvalue weighted by Crippen LogP contribution is 2.30. The maximum absolute atomic E-state index is 13.2. The maximum Gasteiger partial charge on any atom is 0.256 e. The molecule has 10 heteroatoms. The molecule has 54 heavy (non-hydrogen) atoms. The average Bonchev–Trinajstić information content (AvgIpc) is 3.91. The first-order chi connectivity index (χ1) is 26.3. The number of rotatable bonds is 13. The van der Waals surface area contributed by atoms with Crippen LogP contribution in [0.15, 0.2) is 126 Å². The zero-order chi connectivity index (χ0) is 38.5. The van der Waals surface area contributed by atoms with E-state index >= 15 is 0 Å². The van der Waals surface area contributed by atoms with Crippen molar-refractivity contribution in [3.8, 4) is 35.5 Å². The summed E-state index contributed by atoms with van der Waals surface area (Å²) in [6.45, 7) is 2.86. The fraction of sp³-hybridized carbons (Fsp3) is 0.227. The lowest BCUT2D eigenvalue weighted by Crippen LogP contribution is -2.45. The number of amides is 4. The Hall–Kier alpha value is -6.44. The molecule has 4 amide bonds. The molecule has 0 saturated carbocycles. The van der Waals surface area contributed by atoms with Crippen molar-refractivity contribution in [3.05, 3.63) is 132 Å². The molecule has 0 radical (unpaired) electrons. The molecular weight excluding hydrogens is 681 g/mol.